The van der Waals surface area contributed by atoms with Gasteiger partial charge in [-0.3, -0.25) is 0 Å². The SMILES string of the molecule is Cc1ncnc2c1ccn2C1CC(Oc2ccc(F)cc2C(C)N)[C@@H](O)[C@H]1O. The normalized spacial score (nSPS) is 25.9. The van der Waals surface area contributed by atoms with Gasteiger partial charge in [0.15, 0.2) is 0 Å². The molecule has 0 aliphatic heterocycles. The van der Waals surface area contributed by atoms with Crippen molar-refractivity contribution >= 4 is 11.0 Å². The maximum atomic E-state index is 13.6. The molecular weight excluding hydrogens is 363 g/mol. The standard InChI is InChI=1S/C20H23FN4O3/c1-10(22)14-7-12(21)3-4-16(14)28-17-8-15(18(26)19(17)27)25-6-5-13-11(2)23-9-24-20(13)25/h3-7,9-10,15,17-19,26-27H,8,22H2,1-2H3/t10?,15?,17?,18-,19+/m0/s1. The first kappa shape index (κ1) is 18.8. The largest absolute Gasteiger partial charge is 0.487 e. The summed E-state index contributed by atoms with van der Waals surface area (Å²) in [6.45, 7) is 3.63. The van der Waals surface area contributed by atoms with Crippen LogP contribution in [0.3, 0.4) is 0 Å². The van der Waals surface area contributed by atoms with E-state index in [1.165, 1.54) is 24.5 Å². The lowest BCUT2D eigenvalue weighted by atomic mass is 10.1. The van der Waals surface area contributed by atoms with E-state index in [2.05, 4.69) is 9.97 Å². The van der Waals surface area contributed by atoms with Crippen LogP contribution < -0.4 is 10.5 Å². The van der Waals surface area contributed by atoms with Gasteiger partial charge in [0.05, 0.1) is 11.7 Å². The fourth-order valence-electron chi connectivity index (χ4n) is 3.87. The number of hydrogen-bond donors (Lipinski definition) is 3. The molecule has 8 heteroatoms. The molecule has 2 aromatic heterocycles. The molecule has 4 N–H and O–H groups in total. The Bertz CT molecular complexity index is 1010. The van der Waals surface area contributed by atoms with Crippen LogP contribution in [0.15, 0.2) is 36.8 Å². The van der Waals surface area contributed by atoms with Crippen molar-refractivity contribution in [2.75, 3.05) is 0 Å². The average molecular weight is 386 g/mol. The van der Waals surface area contributed by atoms with Gasteiger partial charge >= 0.3 is 0 Å². The Morgan fingerprint density at radius 2 is 2.04 bits per heavy atom. The minimum Gasteiger partial charge on any atom is -0.487 e. The van der Waals surface area contributed by atoms with E-state index < -0.39 is 36.2 Å². The number of rotatable bonds is 4. The maximum absolute atomic E-state index is 13.6. The Hall–Kier alpha value is -2.55. The molecule has 0 amide bonds. The highest BCUT2D eigenvalue weighted by atomic mass is 19.1. The van der Waals surface area contributed by atoms with Gasteiger partial charge in [-0.1, -0.05) is 0 Å². The fraction of sp³-hybridized carbons (Fsp3) is 0.400. The van der Waals surface area contributed by atoms with Gasteiger partial charge in [0.2, 0.25) is 0 Å². The van der Waals surface area contributed by atoms with Crippen molar-refractivity contribution in [3.63, 3.8) is 0 Å². The Kier molecular flexibility index (Phi) is 4.78. The predicted molar refractivity (Wildman–Crippen MR) is 101 cm³/mol. The number of aryl methyl sites for hydroxylation is 1. The summed E-state index contributed by atoms with van der Waals surface area (Å²) in [4.78, 5) is 8.50. The van der Waals surface area contributed by atoms with Gasteiger partial charge in [0.1, 0.15) is 41.9 Å². The smallest absolute Gasteiger partial charge is 0.143 e. The van der Waals surface area contributed by atoms with Gasteiger partial charge < -0.3 is 25.3 Å². The Balaban J connectivity index is 1.63. The molecule has 148 valence electrons. The average Bonchev–Trinajstić information content (AvgIpc) is 3.20. The first-order chi connectivity index (χ1) is 13.4. The van der Waals surface area contributed by atoms with Crippen LogP contribution in [0.2, 0.25) is 0 Å². The number of aliphatic hydroxyl groups is 2. The van der Waals surface area contributed by atoms with E-state index in [-0.39, 0.29) is 0 Å². The molecular formula is C20H23FN4O3. The highest BCUT2D eigenvalue weighted by Crippen LogP contribution is 2.37. The van der Waals surface area contributed by atoms with E-state index in [4.69, 9.17) is 10.5 Å². The lowest BCUT2D eigenvalue weighted by Crippen LogP contribution is -2.34. The number of nitrogens with zero attached hydrogens (tertiary/aromatic N) is 3. The van der Waals surface area contributed by atoms with Crippen molar-refractivity contribution in [1.82, 2.24) is 14.5 Å². The maximum Gasteiger partial charge on any atom is 0.143 e. The summed E-state index contributed by atoms with van der Waals surface area (Å²) in [6.07, 6.45) is 0.883. The minimum atomic E-state index is -1.10. The van der Waals surface area contributed by atoms with Crippen molar-refractivity contribution in [3.05, 3.63) is 53.9 Å². The molecule has 1 aliphatic rings. The summed E-state index contributed by atoms with van der Waals surface area (Å²) in [5.74, 6) is 0.00206. The molecule has 1 saturated carbocycles. The number of aliphatic hydroxyl groups excluding tert-OH is 2. The molecule has 0 spiro atoms. The minimum absolute atomic E-state index is 0.366. The molecule has 0 saturated heterocycles. The highest BCUT2D eigenvalue weighted by molar-refractivity contribution is 5.78. The van der Waals surface area contributed by atoms with Crippen LogP contribution in [0, 0.1) is 12.7 Å². The third-order valence-corrected chi connectivity index (χ3v) is 5.41. The molecule has 0 bridgehead atoms. The van der Waals surface area contributed by atoms with Crippen LogP contribution in [0.5, 0.6) is 5.75 Å². The van der Waals surface area contributed by atoms with Crippen LogP contribution in [-0.2, 0) is 0 Å². The zero-order valence-corrected chi connectivity index (χ0v) is 15.7. The van der Waals surface area contributed by atoms with Crippen molar-refractivity contribution in [2.45, 2.75) is 50.7 Å². The number of aromatic nitrogens is 3. The molecule has 28 heavy (non-hydrogen) atoms. The Morgan fingerprint density at radius 1 is 1.25 bits per heavy atom. The second kappa shape index (κ2) is 7.12. The highest BCUT2D eigenvalue weighted by Gasteiger charge is 2.44. The molecule has 3 unspecified atom stereocenters. The number of ether oxygens (including phenoxy) is 1. The number of fused-ring (bicyclic) bond motifs is 1. The van der Waals surface area contributed by atoms with Crippen LogP contribution in [0.25, 0.3) is 11.0 Å². The summed E-state index contributed by atoms with van der Waals surface area (Å²) in [5.41, 5.74) is 7.98. The van der Waals surface area contributed by atoms with Gasteiger partial charge in [-0.15, -0.1) is 0 Å². The third-order valence-electron chi connectivity index (χ3n) is 5.41. The lowest BCUT2D eigenvalue weighted by molar-refractivity contribution is -0.0166. The molecule has 5 atom stereocenters. The zero-order chi connectivity index (χ0) is 20.0. The first-order valence-electron chi connectivity index (χ1n) is 9.22. The summed E-state index contributed by atoms with van der Waals surface area (Å²) in [7, 11) is 0. The van der Waals surface area contributed by atoms with Crippen LogP contribution >= 0.6 is 0 Å². The number of benzene rings is 1. The van der Waals surface area contributed by atoms with Gasteiger partial charge in [0, 0.05) is 29.6 Å². The topological polar surface area (TPSA) is 106 Å². The predicted octanol–water partition coefficient (Wildman–Crippen LogP) is 2.01. The fourth-order valence-corrected chi connectivity index (χ4v) is 3.87. The first-order valence-corrected chi connectivity index (χ1v) is 9.22. The quantitative estimate of drug-likeness (QED) is 0.633. The molecule has 1 aromatic carbocycles. The second-order valence-corrected chi connectivity index (χ2v) is 7.33. The molecule has 4 rings (SSSR count). The van der Waals surface area contributed by atoms with Crippen molar-refractivity contribution in [3.8, 4) is 5.75 Å². The van der Waals surface area contributed by atoms with E-state index in [9.17, 15) is 14.6 Å². The van der Waals surface area contributed by atoms with Crippen LogP contribution in [0.4, 0.5) is 4.39 Å². The van der Waals surface area contributed by atoms with E-state index in [1.54, 1.807) is 6.92 Å². The van der Waals surface area contributed by atoms with Gasteiger partial charge in [-0.05, 0) is 38.1 Å². The van der Waals surface area contributed by atoms with Gasteiger partial charge in [-0.25, -0.2) is 14.4 Å². The summed E-state index contributed by atoms with van der Waals surface area (Å²) < 4.78 is 21.4. The van der Waals surface area contributed by atoms with Crippen molar-refractivity contribution in [2.24, 2.45) is 5.73 Å². The van der Waals surface area contributed by atoms with E-state index in [0.717, 1.165) is 11.1 Å². The lowest BCUT2D eigenvalue weighted by Gasteiger charge is -2.21. The number of nitrogens with two attached hydrogens (primary N) is 1. The van der Waals surface area contributed by atoms with Crippen LogP contribution in [0.1, 0.15) is 36.7 Å². The Morgan fingerprint density at radius 3 is 2.79 bits per heavy atom. The summed E-state index contributed by atoms with van der Waals surface area (Å²) in [6, 6.07) is 5.17. The molecule has 0 radical (unpaired) electrons. The number of halogens is 1. The Labute approximate surface area is 161 Å². The van der Waals surface area contributed by atoms with Crippen LogP contribution in [-0.4, -0.2) is 43.1 Å². The summed E-state index contributed by atoms with van der Waals surface area (Å²) >= 11 is 0. The van der Waals surface area contributed by atoms with E-state index in [0.29, 0.717) is 23.4 Å². The zero-order valence-electron chi connectivity index (χ0n) is 15.7. The monoisotopic (exact) mass is 386 g/mol. The third kappa shape index (κ3) is 3.13. The van der Waals surface area contributed by atoms with Gasteiger partial charge in [0.25, 0.3) is 0 Å². The molecule has 2 heterocycles. The van der Waals surface area contributed by atoms with E-state index >= 15 is 0 Å². The molecule has 7 nitrogen and oxygen atoms in total. The van der Waals surface area contributed by atoms with Crippen molar-refractivity contribution < 1.29 is 19.3 Å². The second-order valence-electron chi connectivity index (χ2n) is 7.33. The van der Waals surface area contributed by atoms with Crippen molar-refractivity contribution in [1.29, 1.82) is 0 Å². The number of hydrogen-bond acceptors (Lipinski definition) is 6. The van der Waals surface area contributed by atoms with E-state index in [1.807, 2.05) is 23.8 Å². The molecule has 1 aliphatic carbocycles. The molecule has 3 aromatic rings. The van der Waals surface area contributed by atoms with Gasteiger partial charge in [-0.2, -0.15) is 0 Å². The summed E-state index contributed by atoms with van der Waals surface area (Å²) in [5, 5.41) is 22.1. The molecule has 1 fully saturated rings.